The van der Waals surface area contributed by atoms with Gasteiger partial charge in [-0.1, -0.05) is 0 Å². The van der Waals surface area contributed by atoms with Gasteiger partial charge in [0.2, 0.25) is 5.91 Å². The molecule has 0 saturated carbocycles. The lowest BCUT2D eigenvalue weighted by Crippen LogP contribution is -2.29. The van der Waals surface area contributed by atoms with Crippen LogP contribution in [-0.2, 0) is 9.59 Å². The van der Waals surface area contributed by atoms with Crippen LogP contribution in [0.25, 0.3) is 0 Å². The summed E-state index contributed by atoms with van der Waals surface area (Å²) in [6.07, 6.45) is -0.221. The Kier molecular flexibility index (Phi) is 4.22. The first-order valence-corrected chi connectivity index (χ1v) is 5.49. The van der Waals surface area contributed by atoms with Crippen LogP contribution in [0.15, 0.2) is 18.2 Å². The van der Waals surface area contributed by atoms with Crippen LogP contribution in [0.3, 0.4) is 0 Å². The van der Waals surface area contributed by atoms with Crippen LogP contribution in [0, 0.1) is 22.6 Å². The van der Waals surface area contributed by atoms with E-state index in [0.717, 1.165) is 6.07 Å². The molecular weight excluding hydrogens is 251 g/mol. The number of nitrogens with zero attached hydrogens (tertiary/aromatic N) is 1. The van der Waals surface area contributed by atoms with Crippen molar-refractivity contribution < 1.29 is 19.1 Å². The van der Waals surface area contributed by atoms with Crippen LogP contribution in [0.1, 0.15) is 25.8 Å². The van der Waals surface area contributed by atoms with Gasteiger partial charge >= 0.3 is 5.97 Å². The molecule has 1 aromatic carbocycles. The van der Waals surface area contributed by atoms with Crippen LogP contribution in [-0.4, -0.2) is 17.0 Å². The lowest BCUT2D eigenvalue weighted by molar-refractivity contribution is -0.148. The average molecular weight is 264 g/mol. The molecule has 0 aromatic heterocycles. The molecule has 0 heterocycles. The van der Waals surface area contributed by atoms with E-state index in [-0.39, 0.29) is 17.7 Å². The molecule has 0 fully saturated rings. The van der Waals surface area contributed by atoms with Gasteiger partial charge in [-0.05, 0) is 32.0 Å². The zero-order valence-corrected chi connectivity index (χ0v) is 10.5. The van der Waals surface area contributed by atoms with Gasteiger partial charge in [0.25, 0.3) is 0 Å². The summed E-state index contributed by atoms with van der Waals surface area (Å²) in [5.41, 5.74) is -1.12. The number of carbonyl (C=O) groups is 2. The van der Waals surface area contributed by atoms with E-state index in [0.29, 0.717) is 0 Å². The zero-order valence-electron chi connectivity index (χ0n) is 10.5. The monoisotopic (exact) mass is 264 g/mol. The topological polar surface area (TPSA) is 90.2 Å². The molecule has 0 spiro atoms. The molecule has 0 aliphatic carbocycles. The fourth-order valence-corrected chi connectivity index (χ4v) is 1.37. The van der Waals surface area contributed by atoms with Crippen molar-refractivity contribution in [3.05, 3.63) is 29.6 Å². The smallest absolute Gasteiger partial charge is 0.309 e. The first-order chi connectivity index (χ1) is 8.76. The van der Waals surface area contributed by atoms with Crippen LogP contribution < -0.4 is 5.32 Å². The van der Waals surface area contributed by atoms with Crippen molar-refractivity contribution in [3.8, 4) is 6.07 Å². The number of hydrogen-bond donors (Lipinski definition) is 2. The standard InChI is InChI=1S/C13H13FN2O3/c1-13(2,12(18)19)6-11(17)16-9-3-4-10(14)8(5-9)7-15/h3-5H,6H2,1-2H3,(H,16,17)(H,18,19). The molecule has 2 N–H and O–H groups in total. The molecule has 0 saturated heterocycles. The highest BCUT2D eigenvalue weighted by Gasteiger charge is 2.30. The molecule has 0 radical (unpaired) electrons. The number of aliphatic carboxylic acids is 1. The molecule has 0 unspecified atom stereocenters. The minimum absolute atomic E-state index is 0.185. The Hall–Kier alpha value is -2.42. The molecule has 0 bridgehead atoms. The summed E-state index contributed by atoms with van der Waals surface area (Å²) in [7, 11) is 0. The summed E-state index contributed by atoms with van der Waals surface area (Å²) in [4.78, 5) is 22.5. The second-order valence-corrected chi connectivity index (χ2v) is 4.72. The van der Waals surface area contributed by atoms with Crippen molar-refractivity contribution in [3.63, 3.8) is 0 Å². The largest absolute Gasteiger partial charge is 0.481 e. The van der Waals surface area contributed by atoms with Gasteiger partial charge in [0.05, 0.1) is 11.0 Å². The van der Waals surface area contributed by atoms with Crippen molar-refractivity contribution in [2.45, 2.75) is 20.3 Å². The summed E-state index contributed by atoms with van der Waals surface area (Å²) in [6, 6.07) is 5.22. The fourth-order valence-electron chi connectivity index (χ4n) is 1.37. The first-order valence-electron chi connectivity index (χ1n) is 5.49. The van der Waals surface area contributed by atoms with Gasteiger partial charge < -0.3 is 10.4 Å². The third-order valence-corrected chi connectivity index (χ3v) is 2.55. The van der Waals surface area contributed by atoms with Crippen molar-refractivity contribution >= 4 is 17.6 Å². The number of carboxylic acids is 1. The van der Waals surface area contributed by atoms with Gasteiger partial charge in [0.15, 0.2) is 0 Å². The number of halogens is 1. The summed E-state index contributed by atoms with van der Waals surface area (Å²) >= 11 is 0. The Morgan fingerprint density at radius 2 is 2.11 bits per heavy atom. The first kappa shape index (κ1) is 14.6. The quantitative estimate of drug-likeness (QED) is 0.871. The number of amides is 1. The molecule has 0 atom stereocenters. The number of carbonyl (C=O) groups excluding carboxylic acids is 1. The second kappa shape index (κ2) is 5.48. The molecule has 5 nitrogen and oxygen atoms in total. The van der Waals surface area contributed by atoms with Crippen molar-refractivity contribution in [2.24, 2.45) is 5.41 Å². The van der Waals surface area contributed by atoms with E-state index in [9.17, 15) is 14.0 Å². The summed E-state index contributed by atoms with van der Waals surface area (Å²) in [5.74, 6) is -2.27. The van der Waals surface area contributed by atoms with Gasteiger partial charge in [-0.3, -0.25) is 9.59 Å². The number of rotatable bonds is 4. The van der Waals surface area contributed by atoms with Gasteiger partial charge in [-0.25, -0.2) is 4.39 Å². The lowest BCUT2D eigenvalue weighted by atomic mass is 9.89. The fraction of sp³-hybridized carbons (Fsp3) is 0.308. The van der Waals surface area contributed by atoms with E-state index in [1.165, 1.54) is 26.0 Å². The highest BCUT2D eigenvalue weighted by Crippen LogP contribution is 2.22. The molecule has 19 heavy (non-hydrogen) atoms. The van der Waals surface area contributed by atoms with Gasteiger partial charge in [0, 0.05) is 12.1 Å². The minimum Gasteiger partial charge on any atom is -0.481 e. The van der Waals surface area contributed by atoms with E-state index < -0.39 is 23.1 Å². The Labute approximate surface area is 109 Å². The highest BCUT2D eigenvalue weighted by molar-refractivity contribution is 5.94. The van der Waals surface area contributed by atoms with E-state index >= 15 is 0 Å². The number of anilines is 1. The molecule has 1 rings (SSSR count). The van der Waals surface area contributed by atoms with E-state index in [2.05, 4.69) is 5.32 Å². The number of carboxylic acid groups (broad SMARTS) is 1. The van der Waals surface area contributed by atoms with Crippen LogP contribution in [0.5, 0.6) is 0 Å². The molecule has 1 aromatic rings. The van der Waals surface area contributed by atoms with Crippen molar-refractivity contribution in [1.82, 2.24) is 0 Å². The van der Waals surface area contributed by atoms with Gasteiger partial charge in [-0.15, -0.1) is 0 Å². The maximum Gasteiger partial charge on any atom is 0.309 e. The molecule has 100 valence electrons. The van der Waals surface area contributed by atoms with E-state index in [1.807, 2.05) is 0 Å². The van der Waals surface area contributed by atoms with Gasteiger partial charge in [0.1, 0.15) is 11.9 Å². The molecule has 0 aliphatic rings. The third-order valence-electron chi connectivity index (χ3n) is 2.55. The van der Waals surface area contributed by atoms with E-state index in [4.69, 9.17) is 10.4 Å². The molecule has 0 aliphatic heterocycles. The van der Waals surface area contributed by atoms with Gasteiger partial charge in [-0.2, -0.15) is 5.26 Å². The van der Waals surface area contributed by atoms with Crippen molar-refractivity contribution in [1.29, 1.82) is 5.26 Å². The van der Waals surface area contributed by atoms with Crippen LogP contribution in [0.2, 0.25) is 0 Å². The Bertz CT molecular complexity index is 561. The van der Waals surface area contributed by atoms with Crippen LogP contribution >= 0.6 is 0 Å². The van der Waals surface area contributed by atoms with Crippen molar-refractivity contribution in [2.75, 3.05) is 5.32 Å². The SMILES string of the molecule is CC(C)(CC(=O)Nc1ccc(F)c(C#N)c1)C(=O)O. The Morgan fingerprint density at radius 3 is 2.63 bits per heavy atom. The average Bonchev–Trinajstić information content (AvgIpc) is 2.30. The summed E-state index contributed by atoms with van der Waals surface area (Å²) in [6.45, 7) is 2.86. The summed E-state index contributed by atoms with van der Waals surface area (Å²) < 4.78 is 13.1. The Morgan fingerprint density at radius 1 is 1.47 bits per heavy atom. The maximum atomic E-state index is 13.1. The molecule has 6 heteroatoms. The maximum absolute atomic E-state index is 13.1. The normalized spacial score (nSPS) is 10.6. The van der Waals surface area contributed by atoms with Crippen LogP contribution in [0.4, 0.5) is 10.1 Å². The number of nitriles is 1. The number of nitrogens with one attached hydrogen (secondary N) is 1. The number of benzene rings is 1. The predicted octanol–water partition coefficient (Wildman–Crippen LogP) is 2.14. The predicted molar refractivity (Wildman–Crippen MR) is 65.8 cm³/mol. The highest BCUT2D eigenvalue weighted by atomic mass is 19.1. The second-order valence-electron chi connectivity index (χ2n) is 4.72. The Balaban J connectivity index is 2.79. The minimum atomic E-state index is -1.19. The molecule has 1 amide bonds. The van der Waals surface area contributed by atoms with E-state index in [1.54, 1.807) is 6.07 Å². The lowest BCUT2D eigenvalue weighted by Gasteiger charge is -2.18. The third kappa shape index (κ3) is 3.78. The zero-order chi connectivity index (χ0) is 14.6. The summed E-state index contributed by atoms with van der Waals surface area (Å²) in [5, 5.41) is 20.0. The molecular formula is C13H13FN2O3. The number of hydrogen-bond acceptors (Lipinski definition) is 3.